The van der Waals surface area contributed by atoms with Gasteiger partial charge in [-0.1, -0.05) is 87.8 Å². The van der Waals surface area contributed by atoms with Crippen molar-refractivity contribution in [2.75, 3.05) is 6.61 Å². The summed E-state index contributed by atoms with van der Waals surface area (Å²) >= 11 is 5.90. The smallest absolute Gasteiger partial charge is 0.351 e. The average molecular weight is 516 g/mol. The molecule has 1 atom stereocenters. The van der Waals surface area contributed by atoms with Crippen LogP contribution in [0.25, 0.3) is 0 Å². The van der Waals surface area contributed by atoms with E-state index in [1.807, 2.05) is 12.1 Å². The van der Waals surface area contributed by atoms with E-state index in [2.05, 4.69) is 28.9 Å². The maximum atomic E-state index is 12.3. The number of benzene rings is 1. The number of allylic oxidation sites excluding steroid dienone is 2. The minimum atomic E-state index is -4.61. The highest BCUT2D eigenvalue weighted by molar-refractivity contribution is 7.46. The van der Waals surface area contributed by atoms with Gasteiger partial charge in [0.25, 0.3) is 0 Å². The second-order valence-corrected chi connectivity index (χ2v) is 10.5. The molecule has 0 unspecified atom stereocenters. The van der Waals surface area contributed by atoms with Crippen molar-refractivity contribution in [3.05, 3.63) is 47.0 Å². The molecule has 0 radical (unpaired) electrons. The van der Waals surface area contributed by atoms with Crippen LogP contribution in [0.5, 0.6) is 0 Å². The number of phosphoric acid groups is 1. The Morgan fingerprint density at radius 2 is 1.53 bits per heavy atom. The van der Waals surface area contributed by atoms with E-state index in [0.29, 0.717) is 17.9 Å². The van der Waals surface area contributed by atoms with Crippen molar-refractivity contribution in [2.45, 2.75) is 103 Å². The van der Waals surface area contributed by atoms with Crippen LogP contribution in [0.3, 0.4) is 0 Å². The van der Waals surface area contributed by atoms with Gasteiger partial charge in [-0.15, -0.1) is 0 Å². The monoisotopic (exact) mass is 515 g/mol. The van der Waals surface area contributed by atoms with Gasteiger partial charge in [0.1, 0.15) is 0 Å². The van der Waals surface area contributed by atoms with E-state index >= 15 is 0 Å². The number of unbranched alkanes of at least 4 members (excludes halogenated alkanes) is 10. The van der Waals surface area contributed by atoms with Gasteiger partial charge >= 0.3 is 7.82 Å². The Morgan fingerprint density at radius 1 is 0.971 bits per heavy atom. The molecule has 0 fully saturated rings. The molecule has 8 heteroatoms. The van der Waals surface area contributed by atoms with Crippen molar-refractivity contribution in [3.8, 4) is 0 Å². The number of rotatable bonds is 20. The van der Waals surface area contributed by atoms with Crippen molar-refractivity contribution >= 4 is 25.3 Å². The fraction of sp³-hybridized carbons (Fsp3) is 0.654. The summed E-state index contributed by atoms with van der Waals surface area (Å²) in [4.78, 5) is 30.4. The van der Waals surface area contributed by atoms with E-state index in [-0.39, 0.29) is 12.5 Å². The van der Waals surface area contributed by atoms with E-state index in [1.54, 1.807) is 12.1 Å². The molecule has 1 aromatic rings. The van der Waals surface area contributed by atoms with Gasteiger partial charge in [-0.05, 0) is 56.2 Å². The van der Waals surface area contributed by atoms with E-state index in [0.717, 1.165) is 37.7 Å². The molecule has 34 heavy (non-hydrogen) atoms. The molecule has 1 rings (SSSR count). The first-order valence-electron chi connectivity index (χ1n) is 12.7. The Hall–Kier alpha value is -1.17. The molecular formula is C26H43ClNO5P. The summed E-state index contributed by atoms with van der Waals surface area (Å²) in [5, 5.41) is 3.45. The van der Waals surface area contributed by atoms with Gasteiger partial charge in [-0.25, -0.2) is 4.57 Å². The van der Waals surface area contributed by atoms with E-state index in [9.17, 15) is 9.36 Å². The fourth-order valence-corrected chi connectivity index (χ4v) is 4.22. The second kappa shape index (κ2) is 19.1. The summed E-state index contributed by atoms with van der Waals surface area (Å²) < 4.78 is 15.7. The van der Waals surface area contributed by atoms with Crippen LogP contribution >= 0.6 is 19.4 Å². The summed E-state index contributed by atoms with van der Waals surface area (Å²) in [5.41, 5.74) is 0.897. The number of carbonyl (C=O) groups excluding carboxylic acids is 1. The number of halogens is 1. The summed E-state index contributed by atoms with van der Waals surface area (Å²) in [6, 6.07) is 6.59. The summed E-state index contributed by atoms with van der Waals surface area (Å²) in [6.07, 6.45) is 19.6. The molecule has 0 saturated carbocycles. The van der Waals surface area contributed by atoms with Crippen LogP contribution < -0.4 is 5.32 Å². The highest BCUT2D eigenvalue weighted by Gasteiger charge is 2.20. The molecule has 0 aromatic heterocycles. The number of phosphoric ester groups is 1. The third-order valence-corrected chi connectivity index (χ3v) is 6.36. The van der Waals surface area contributed by atoms with Crippen LogP contribution in [0, 0.1) is 0 Å². The van der Waals surface area contributed by atoms with Gasteiger partial charge in [0.05, 0.1) is 12.6 Å². The third-order valence-electron chi connectivity index (χ3n) is 5.62. The van der Waals surface area contributed by atoms with Crippen LogP contribution in [-0.4, -0.2) is 28.3 Å². The summed E-state index contributed by atoms with van der Waals surface area (Å²) in [5.74, 6) is -0.132. The molecule has 1 aromatic carbocycles. The maximum Gasteiger partial charge on any atom is 0.469 e. The molecule has 3 N–H and O–H groups in total. The van der Waals surface area contributed by atoms with Gasteiger partial charge in [-0.2, -0.15) is 0 Å². The average Bonchev–Trinajstić information content (AvgIpc) is 2.78. The Morgan fingerprint density at radius 3 is 2.12 bits per heavy atom. The van der Waals surface area contributed by atoms with Gasteiger partial charge in [0, 0.05) is 11.4 Å². The zero-order chi connectivity index (χ0) is 25.1. The van der Waals surface area contributed by atoms with Crippen molar-refractivity contribution in [2.24, 2.45) is 0 Å². The van der Waals surface area contributed by atoms with Crippen molar-refractivity contribution in [1.29, 1.82) is 0 Å². The lowest BCUT2D eigenvalue weighted by molar-refractivity contribution is -0.122. The Labute approximate surface area is 210 Å². The zero-order valence-corrected chi connectivity index (χ0v) is 22.2. The Bertz CT molecular complexity index is 735. The maximum absolute atomic E-state index is 12.3. The molecule has 0 heterocycles. The number of hydrogen-bond donors (Lipinski definition) is 3. The molecule has 1 amide bonds. The first-order valence-corrected chi connectivity index (χ1v) is 14.6. The number of amides is 1. The molecule has 194 valence electrons. The second-order valence-electron chi connectivity index (χ2n) is 8.86. The van der Waals surface area contributed by atoms with Gasteiger partial charge in [0.2, 0.25) is 5.91 Å². The van der Waals surface area contributed by atoms with Crippen molar-refractivity contribution in [3.63, 3.8) is 0 Å². The molecule has 0 spiro atoms. The molecule has 0 aliphatic rings. The lowest BCUT2D eigenvalue weighted by Crippen LogP contribution is -2.39. The quantitative estimate of drug-likeness (QED) is 0.0975. The molecule has 0 saturated heterocycles. The minimum absolute atomic E-state index is 0.132. The van der Waals surface area contributed by atoms with E-state index in [1.165, 1.54) is 44.9 Å². The Balaban J connectivity index is 2.19. The highest BCUT2D eigenvalue weighted by atomic mass is 35.5. The van der Waals surface area contributed by atoms with Crippen molar-refractivity contribution < 1.29 is 23.7 Å². The molecule has 6 nitrogen and oxygen atoms in total. The van der Waals surface area contributed by atoms with E-state index in [4.69, 9.17) is 21.4 Å². The highest BCUT2D eigenvalue weighted by Crippen LogP contribution is 2.35. The first-order chi connectivity index (χ1) is 16.3. The van der Waals surface area contributed by atoms with Gasteiger partial charge < -0.3 is 15.1 Å². The molecule has 0 bridgehead atoms. The lowest BCUT2D eigenvalue weighted by atomic mass is 10.1. The fourth-order valence-electron chi connectivity index (χ4n) is 3.72. The van der Waals surface area contributed by atoms with E-state index < -0.39 is 13.9 Å². The van der Waals surface area contributed by atoms with Gasteiger partial charge in [-0.3, -0.25) is 9.32 Å². The SMILES string of the molecule is CCCCCCCC/C=C\CCCCCCC(=O)N[C@@H](COP(=O)(O)O)Cc1ccc(Cl)cc1. The minimum Gasteiger partial charge on any atom is -0.351 e. The largest absolute Gasteiger partial charge is 0.469 e. The number of carbonyl (C=O) groups is 1. The Kier molecular flexibility index (Phi) is 17.3. The normalized spacial score (nSPS) is 12.8. The number of hydrogen-bond acceptors (Lipinski definition) is 3. The predicted octanol–water partition coefficient (Wildman–Crippen LogP) is 7.12. The summed E-state index contributed by atoms with van der Waals surface area (Å²) in [7, 11) is -4.61. The standard InChI is InChI=1S/C26H43ClNO5P/c1-2-3-4-5-6-7-8-9-10-11-12-13-14-15-16-26(29)28-25(22-33-34(30,31)32)21-23-17-19-24(27)20-18-23/h9-10,17-20,25H,2-8,11-16,21-22H2,1H3,(H,28,29)(H2,30,31,32)/b10-9-/t25-/m1/s1. The van der Waals surface area contributed by atoms with Crippen LogP contribution in [0.15, 0.2) is 36.4 Å². The summed E-state index contributed by atoms with van der Waals surface area (Å²) in [6.45, 7) is 1.98. The van der Waals surface area contributed by atoms with Crippen LogP contribution in [0.4, 0.5) is 0 Å². The molecule has 0 aliphatic carbocycles. The van der Waals surface area contributed by atoms with Gasteiger partial charge in [0.15, 0.2) is 0 Å². The zero-order valence-electron chi connectivity index (χ0n) is 20.6. The molecule has 0 aliphatic heterocycles. The van der Waals surface area contributed by atoms with Crippen LogP contribution in [0.1, 0.15) is 96.0 Å². The number of nitrogens with one attached hydrogen (secondary N) is 1. The topological polar surface area (TPSA) is 95.9 Å². The molecular weight excluding hydrogens is 473 g/mol. The van der Waals surface area contributed by atoms with Crippen LogP contribution in [0.2, 0.25) is 5.02 Å². The third kappa shape index (κ3) is 18.2. The van der Waals surface area contributed by atoms with Crippen LogP contribution in [-0.2, 0) is 20.3 Å². The lowest BCUT2D eigenvalue weighted by Gasteiger charge is -2.19. The first kappa shape index (κ1) is 30.9. The predicted molar refractivity (Wildman–Crippen MR) is 140 cm³/mol. The van der Waals surface area contributed by atoms with Crippen molar-refractivity contribution in [1.82, 2.24) is 5.32 Å².